The molecule has 78 valence electrons. The van der Waals surface area contributed by atoms with Crippen molar-refractivity contribution in [2.45, 2.75) is 26.4 Å². The third-order valence-electron chi connectivity index (χ3n) is 2.88. The number of anilines is 1. The van der Waals surface area contributed by atoms with Crippen molar-refractivity contribution in [2.75, 3.05) is 18.0 Å². The molecule has 4 heteroatoms. The highest BCUT2D eigenvalue weighted by atomic mass is 32.1. The number of β-amino-alcohol motifs (C(OH)–C–C–N with tert-alkyl or cyclic N) is 1. The van der Waals surface area contributed by atoms with Crippen molar-refractivity contribution in [3.05, 3.63) is 11.1 Å². The van der Waals surface area contributed by atoms with Crippen LogP contribution in [-0.4, -0.2) is 28.8 Å². The molecule has 1 aliphatic heterocycles. The van der Waals surface area contributed by atoms with Gasteiger partial charge >= 0.3 is 0 Å². The average molecular weight is 212 g/mol. The quantitative estimate of drug-likeness (QED) is 0.810. The monoisotopic (exact) mass is 212 g/mol. The zero-order valence-corrected chi connectivity index (χ0v) is 9.64. The van der Waals surface area contributed by atoms with E-state index in [-0.39, 0.29) is 0 Å². The van der Waals surface area contributed by atoms with Gasteiger partial charge in [-0.25, -0.2) is 4.98 Å². The van der Waals surface area contributed by atoms with Crippen LogP contribution in [0, 0.1) is 12.8 Å². The van der Waals surface area contributed by atoms with E-state index in [2.05, 4.69) is 23.7 Å². The second-order valence-electron chi connectivity index (χ2n) is 4.39. The van der Waals surface area contributed by atoms with E-state index in [1.165, 1.54) is 0 Å². The predicted molar refractivity (Wildman–Crippen MR) is 58.9 cm³/mol. The van der Waals surface area contributed by atoms with Gasteiger partial charge in [-0.1, -0.05) is 13.8 Å². The van der Waals surface area contributed by atoms with Gasteiger partial charge in [0.25, 0.3) is 0 Å². The number of hydrogen-bond acceptors (Lipinski definition) is 4. The lowest BCUT2D eigenvalue weighted by Crippen LogP contribution is -2.64. The van der Waals surface area contributed by atoms with Gasteiger partial charge in [0.05, 0.1) is 18.8 Å². The Bertz CT molecular complexity index is 329. The molecule has 1 aromatic heterocycles. The fourth-order valence-corrected chi connectivity index (χ4v) is 2.41. The van der Waals surface area contributed by atoms with E-state index in [9.17, 15) is 5.11 Å². The maximum atomic E-state index is 10.1. The van der Waals surface area contributed by atoms with Gasteiger partial charge in [-0.05, 0) is 12.8 Å². The first kappa shape index (κ1) is 9.93. The fraction of sp³-hybridized carbons (Fsp3) is 0.700. The molecule has 1 N–H and O–H groups in total. The molecule has 0 unspecified atom stereocenters. The third kappa shape index (κ3) is 1.53. The normalized spacial score (nSPS) is 19.9. The van der Waals surface area contributed by atoms with Crippen LogP contribution in [0.2, 0.25) is 0 Å². The molecule has 1 aliphatic rings. The number of aliphatic hydroxyl groups is 1. The number of nitrogens with zero attached hydrogens (tertiary/aromatic N) is 2. The molecule has 0 spiro atoms. The van der Waals surface area contributed by atoms with Crippen molar-refractivity contribution < 1.29 is 5.11 Å². The van der Waals surface area contributed by atoms with E-state index < -0.39 is 5.60 Å². The molecule has 0 saturated carbocycles. The summed E-state index contributed by atoms with van der Waals surface area (Å²) in [5.41, 5.74) is 0.560. The van der Waals surface area contributed by atoms with Gasteiger partial charge < -0.3 is 10.0 Å². The SMILES string of the molecule is Cc1csc(N2CC(O)(C(C)C)C2)n1. The minimum atomic E-state index is -0.500. The number of aryl methyl sites for hydroxylation is 1. The Balaban J connectivity index is 2.01. The first-order valence-electron chi connectivity index (χ1n) is 4.91. The maximum Gasteiger partial charge on any atom is 0.185 e. The van der Waals surface area contributed by atoms with Crippen LogP contribution in [-0.2, 0) is 0 Å². The maximum absolute atomic E-state index is 10.1. The van der Waals surface area contributed by atoms with Crippen LogP contribution in [0.15, 0.2) is 5.38 Å². The number of rotatable bonds is 2. The molecule has 2 rings (SSSR count). The summed E-state index contributed by atoms with van der Waals surface area (Å²) in [6, 6.07) is 0. The Morgan fingerprint density at radius 2 is 2.21 bits per heavy atom. The molecule has 1 saturated heterocycles. The summed E-state index contributed by atoms with van der Waals surface area (Å²) in [6.45, 7) is 7.55. The van der Waals surface area contributed by atoms with Crippen LogP contribution < -0.4 is 4.90 Å². The van der Waals surface area contributed by atoms with E-state index >= 15 is 0 Å². The summed E-state index contributed by atoms with van der Waals surface area (Å²) in [7, 11) is 0. The Morgan fingerprint density at radius 3 is 2.64 bits per heavy atom. The highest BCUT2D eigenvalue weighted by Gasteiger charge is 2.44. The number of aromatic nitrogens is 1. The van der Waals surface area contributed by atoms with Crippen molar-refractivity contribution in [3.63, 3.8) is 0 Å². The molecule has 2 heterocycles. The summed E-state index contributed by atoms with van der Waals surface area (Å²) in [5, 5.41) is 13.1. The number of thiazole rings is 1. The minimum Gasteiger partial charge on any atom is -0.386 e. The van der Waals surface area contributed by atoms with Crippen LogP contribution in [0.25, 0.3) is 0 Å². The molecule has 3 nitrogen and oxygen atoms in total. The standard InChI is InChI=1S/C10H16N2OS/c1-7(2)10(13)5-12(6-10)9-11-8(3)4-14-9/h4,7,13H,5-6H2,1-3H3. The number of hydrogen-bond donors (Lipinski definition) is 1. The second-order valence-corrected chi connectivity index (χ2v) is 5.22. The highest BCUT2D eigenvalue weighted by Crippen LogP contribution is 2.34. The van der Waals surface area contributed by atoms with Gasteiger partial charge in [0, 0.05) is 5.38 Å². The molecule has 1 fully saturated rings. The van der Waals surface area contributed by atoms with Gasteiger partial charge in [0.1, 0.15) is 5.60 Å². The fourth-order valence-electron chi connectivity index (χ4n) is 1.60. The Hall–Kier alpha value is -0.610. The lowest BCUT2D eigenvalue weighted by molar-refractivity contribution is -0.0300. The van der Waals surface area contributed by atoms with E-state index in [1.807, 2.05) is 12.3 Å². The van der Waals surface area contributed by atoms with E-state index in [4.69, 9.17) is 0 Å². The summed E-state index contributed by atoms with van der Waals surface area (Å²) in [4.78, 5) is 6.53. The van der Waals surface area contributed by atoms with Crippen molar-refractivity contribution in [1.29, 1.82) is 0 Å². The van der Waals surface area contributed by atoms with Crippen LogP contribution in [0.3, 0.4) is 0 Å². The largest absolute Gasteiger partial charge is 0.386 e. The zero-order valence-electron chi connectivity index (χ0n) is 8.82. The molecule has 1 aromatic rings. The van der Waals surface area contributed by atoms with E-state index in [0.717, 1.165) is 23.9 Å². The Morgan fingerprint density at radius 1 is 1.57 bits per heavy atom. The smallest absolute Gasteiger partial charge is 0.185 e. The molecule has 0 bridgehead atoms. The average Bonchev–Trinajstić information content (AvgIpc) is 2.45. The van der Waals surface area contributed by atoms with Gasteiger partial charge in [0.2, 0.25) is 0 Å². The second kappa shape index (κ2) is 3.21. The molecule has 0 aliphatic carbocycles. The van der Waals surface area contributed by atoms with Gasteiger partial charge in [-0.2, -0.15) is 0 Å². The summed E-state index contributed by atoms with van der Waals surface area (Å²) in [6.07, 6.45) is 0. The van der Waals surface area contributed by atoms with Crippen LogP contribution >= 0.6 is 11.3 Å². The summed E-state index contributed by atoms with van der Waals surface area (Å²) in [5.74, 6) is 0.319. The van der Waals surface area contributed by atoms with Crippen LogP contribution in [0.4, 0.5) is 5.13 Å². The predicted octanol–water partition coefficient (Wildman–Crippen LogP) is 1.66. The van der Waals surface area contributed by atoms with E-state index in [0.29, 0.717) is 5.92 Å². The third-order valence-corrected chi connectivity index (χ3v) is 3.90. The van der Waals surface area contributed by atoms with Gasteiger partial charge in [0.15, 0.2) is 5.13 Å². The summed E-state index contributed by atoms with van der Waals surface area (Å²) < 4.78 is 0. The molecule has 0 atom stereocenters. The van der Waals surface area contributed by atoms with Crippen molar-refractivity contribution in [2.24, 2.45) is 5.92 Å². The van der Waals surface area contributed by atoms with Gasteiger partial charge in [-0.3, -0.25) is 0 Å². The van der Waals surface area contributed by atoms with Crippen molar-refractivity contribution >= 4 is 16.5 Å². The first-order chi connectivity index (χ1) is 6.51. The molecule has 0 radical (unpaired) electrons. The first-order valence-corrected chi connectivity index (χ1v) is 5.79. The molecular formula is C10H16N2OS. The van der Waals surface area contributed by atoms with Gasteiger partial charge in [-0.15, -0.1) is 11.3 Å². The molecular weight excluding hydrogens is 196 g/mol. The van der Waals surface area contributed by atoms with Crippen LogP contribution in [0.5, 0.6) is 0 Å². The van der Waals surface area contributed by atoms with Crippen molar-refractivity contribution in [1.82, 2.24) is 4.98 Å². The molecule has 0 amide bonds. The van der Waals surface area contributed by atoms with Crippen molar-refractivity contribution in [3.8, 4) is 0 Å². The molecule has 0 aromatic carbocycles. The summed E-state index contributed by atoms with van der Waals surface area (Å²) >= 11 is 1.65. The minimum absolute atomic E-state index is 0.319. The van der Waals surface area contributed by atoms with E-state index in [1.54, 1.807) is 11.3 Å². The Labute approximate surface area is 88.4 Å². The molecule has 14 heavy (non-hydrogen) atoms. The Kier molecular flexibility index (Phi) is 2.27. The zero-order chi connectivity index (χ0) is 10.3. The van der Waals surface area contributed by atoms with Crippen LogP contribution in [0.1, 0.15) is 19.5 Å². The lowest BCUT2D eigenvalue weighted by atomic mass is 9.83. The topological polar surface area (TPSA) is 36.4 Å². The highest BCUT2D eigenvalue weighted by molar-refractivity contribution is 7.13. The lowest BCUT2D eigenvalue weighted by Gasteiger charge is -2.49.